The van der Waals surface area contributed by atoms with Crippen LogP contribution in [0.3, 0.4) is 0 Å². The summed E-state index contributed by atoms with van der Waals surface area (Å²) in [7, 11) is 0. The number of nitrogens with one attached hydrogen (secondary N) is 1. The predicted octanol–water partition coefficient (Wildman–Crippen LogP) is 3.76. The van der Waals surface area contributed by atoms with Crippen LogP contribution in [-0.4, -0.2) is 29.9 Å². The van der Waals surface area contributed by atoms with Gasteiger partial charge < -0.3 is 10.2 Å². The zero-order valence-electron chi connectivity index (χ0n) is 12.2. The molecule has 0 aliphatic carbocycles. The summed E-state index contributed by atoms with van der Waals surface area (Å²) in [5.74, 6) is 0.316. The first kappa shape index (κ1) is 18.6. The highest BCUT2D eigenvalue weighted by Gasteiger charge is 2.28. The minimum atomic E-state index is 0. The number of carbonyl (C=O) groups excluding carboxylic acids is 1. The van der Waals surface area contributed by atoms with E-state index < -0.39 is 0 Å². The zero-order valence-corrected chi connectivity index (χ0v) is 14.6. The molecule has 21 heavy (non-hydrogen) atoms. The molecule has 1 aromatic rings. The summed E-state index contributed by atoms with van der Waals surface area (Å²) in [5, 5.41) is 4.31. The molecule has 1 atom stereocenters. The number of amides is 1. The molecule has 1 fully saturated rings. The van der Waals surface area contributed by atoms with Crippen LogP contribution in [0.4, 0.5) is 0 Å². The molecular weight excluding hydrogens is 331 g/mol. The number of hydrogen-bond donors (Lipinski definition) is 1. The number of nitrogens with zero attached hydrogens (tertiary/aromatic N) is 1. The first-order valence-corrected chi connectivity index (χ1v) is 7.69. The Bertz CT molecular complexity index is 488. The van der Waals surface area contributed by atoms with Crippen LogP contribution < -0.4 is 5.32 Å². The summed E-state index contributed by atoms with van der Waals surface area (Å²) in [5.41, 5.74) is 1.01. The van der Waals surface area contributed by atoms with E-state index in [9.17, 15) is 4.79 Å². The molecule has 1 aliphatic heterocycles. The first-order valence-electron chi connectivity index (χ1n) is 6.94. The fourth-order valence-corrected chi connectivity index (χ4v) is 2.77. The van der Waals surface area contributed by atoms with Crippen LogP contribution in [-0.2, 0) is 11.3 Å². The Labute approximate surface area is 142 Å². The minimum Gasteiger partial charge on any atom is -0.336 e. The molecule has 1 N–H and O–H groups in total. The van der Waals surface area contributed by atoms with Gasteiger partial charge in [-0.1, -0.05) is 29.3 Å². The lowest BCUT2D eigenvalue weighted by atomic mass is 10.1. The van der Waals surface area contributed by atoms with Gasteiger partial charge in [0.05, 0.1) is 16.0 Å². The summed E-state index contributed by atoms with van der Waals surface area (Å²) >= 11 is 12.0. The molecule has 3 nitrogen and oxygen atoms in total. The van der Waals surface area contributed by atoms with Crippen molar-refractivity contribution in [3.63, 3.8) is 0 Å². The highest BCUT2D eigenvalue weighted by atomic mass is 35.5. The van der Waals surface area contributed by atoms with Crippen molar-refractivity contribution in [3.8, 4) is 0 Å². The van der Waals surface area contributed by atoms with Crippen molar-refractivity contribution in [2.45, 2.75) is 32.9 Å². The molecule has 1 unspecified atom stereocenters. The zero-order chi connectivity index (χ0) is 14.7. The molecule has 6 heteroatoms. The topological polar surface area (TPSA) is 32.3 Å². The van der Waals surface area contributed by atoms with Crippen molar-refractivity contribution >= 4 is 41.5 Å². The van der Waals surface area contributed by atoms with E-state index in [0.717, 1.165) is 25.1 Å². The van der Waals surface area contributed by atoms with Gasteiger partial charge in [-0.15, -0.1) is 12.4 Å². The summed E-state index contributed by atoms with van der Waals surface area (Å²) in [6.45, 7) is 6.36. The number of rotatable bonds is 4. The Kier molecular flexibility index (Phi) is 7.28. The molecular formula is C15H21Cl3N2O. The second kappa shape index (κ2) is 8.23. The van der Waals surface area contributed by atoms with Crippen LogP contribution in [0.15, 0.2) is 18.2 Å². The van der Waals surface area contributed by atoms with E-state index in [1.54, 1.807) is 6.07 Å². The Hall–Kier alpha value is -0.480. The van der Waals surface area contributed by atoms with Gasteiger partial charge >= 0.3 is 0 Å². The van der Waals surface area contributed by atoms with Crippen molar-refractivity contribution in [2.75, 3.05) is 13.1 Å². The monoisotopic (exact) mass is 350 g/mol. The third-order valence-corrected chi connectivity index (χ3v) is 4.39. The summed E-state index contributed by atoms with van der Waals surface area (Å²) in [6.07, 6.45) is 0.920. The average Bonchev–Trinajstić information content (AvgIpc) is 2.93. The van der Waals surface area contributed by atoms with E-state index in [4.69, 9.17) is 23.2 Å². The highest BCUT2D eigenvalue weighted by molar-refractivity contribution is 6.42. The van der Waals surface area contributed by atoms with E-state index in [2.05, 4.69) is 5.32 Å². The maximum absolute atomic E-state index is 12.6. The van der Waals surface area contributed by atoms with Gasteiger partial charge in [-0.3, -0.25) is 4.79 Å². The van der Waals surface area contributed by atoms with E-state index in [-0.39, 0.29) is 30.3 Å². The fourth-order valence-electron chi connectivity index (χ4n) is 2.45. The van der Waals surface area contributed by atoms with Gasteiger partial charge in [0.2, 0.25) is 5.91 Å². The van der Waals surface area contributed by atoms with Crippen LogP contribution in [0, 0.1) is 5.92 Å². The van der Waals surface area contributed by atoms with Crippen LogP contribution in [0.2, 0.25) is 10.0 Å². The largest absolute Gasteiger partial charge is 0.336 e. The van der Waals surface area contributed by atoms with Gasteiger partial charge in [0.25, 0.3) is 0 Å². The SMILES string of the molecule is CC(C)N(Cc1ccc(Cl)c(Cl)c1)C(=O)C1CCNC1.Cl. The Morgan fingerprint density at radius 1 is 1.38 bits per heavy atom. The first-order chi connectivity index (χ1) is 9.49. The van der Waals surface area contributed by atoms with Gasteiger partial charge in [-0.2, -0.15) is 0 Å². The predicted molar refractivity (Wildman–Crippen MR) is 90.4 cm³/mol. The molecule has 0 aromatic heterocycles. The molecule has 1 amide bonds. The normalized spacial score (nSPS) is 17.7. The molecule has 0 saturated carbocycles. The molecule has 1 aliphatic rings. The van der Waals surface area contributed by atoms with Gasteiger partial charge in [0, 0.05) is 19.1 Å². The van der Waals surface area contributed by atoms with Gasteiger partial charge in [-0.05, 0) is 44.5 Å². The average molecular weight is 352 g/mol. The number of carbonyl (C=O) groups is 1. The number of halogens is 3. The smallest absolute Gasteiger partial charge is 0.227 e. The minimum absolute atomic E-state index is 0. The molecule has 0 radical (unpaired) electrons. The van der Waals surface area contributed by atoms with Crippen LogP contribution in [0.1, 0.15) is 25.8 Å². The molecule has 1 heterocycles. The van der Waals surface area contributed by atoms with Crippen LogP contribution >= 0.6 is 35.6 Å². The summed E-state index contributed by atoms with van der Waals surface area (Å²) in [4.78, 5) is 14.5. The maximum atomic E-state index is 12.6. The number of hydrogen-bond acceptors (Lipinski definition) is 2. The van der Waals surface area contributed by atoms with Gasteiger partial charge in [-0.25, -0.2) is 0 Å². The second-order valence-corrected chi connectivity index (χ2v) is 6.31. The van der Waals surface area contributed by atoms with Crippen molar-refractivity contribution in [1.82, 2.24) is 10.2 Å². The van der Waals surface area contributed by atoms with Crippen molar-refractivity contribution < 1.29 is 4.79 Å². The van der Waals surface area contributed by atoms with Crippen molar-refractivity contribution in [3.05, 3.63) is 33.8 Å². The molecule has 0 spiro atoms. The van der Waals surface area contributed by atoms with Crippen LogP contribution in [0.25, 0.3) is 0 Å². The highest BCUT2D eigenvalue weighted by Crippen LogP contribution is 2.24. The lowest BCUT2D eigenvalue weighted by Gasteiger charge is -2.29. The quantitative estimate of drug-likeness (QED) is 0.895. The summed E-state index contributed by atoms with van der Waals surface area (Å²) in [6, 6.07) is 5.69. The summed E-state index contributed by atoms with van der Waals surface area (Å²) < 4.78 is 0. The van der Waals surface area contributed by atoms with E-state index in [0.29, 0.717) is 16.6 Å². The fraction of sp³-hybridized carbons (Fsp3) is 0.533. The van der Waals surface area contributed by atoms with Crippen molar-refractivity contribution in [1.29, 1.82) is 0 Å². The molecule has 0 bridgehead atoms. The third-order valence-electron chi connectivity index (χ3n) is 3.65. The van der Waals surface area contributed by atoms with Gasteiger partial charge in [0.1, 0.15) is 0 Å². The van der Waals surface area contributed by atoms with E-state index in [1.165, 1.54) is 0 Å². The van der Waals surface area contributed by atoms with E-state index >= 15 is 0 Å². The maximum Gasteiger partial charge on any atom is 0.227 e. The lowest BCUT2D eigenvalue weighted by Crippen LogP contribution is -2.41. The Balaban J connectivity index is 0.00000220. The number of benzene rings is 1. The lowest BCUT2D eigenvalue weighted by molar-refractivity contribution is -0.137. The third kappa shape index (κ3) is 4.75. The van der Waals surface area contributed by atoms with E-state index in [1.807, 2.05) is 30.9 Å². The molecule has 1 aromatic carbocycles. The standard InChI is InChI=1S/C15H20Cl2N2O.ClH/c1-10(2)19(15(20)12-5-6-18-8-12)9-11-3-4-13(16)14(17)7-11;/h3-4,7,10,12,18H,5-6,8-9H2,1-2H3;1H. The van der Waals surface area contributed by atoms with Crippen molar-refractivity contribution in [2.24, 2.45) is 5.92 Å². The Morgan fingerprint density at radius 2 is 2.10 bits per heavy atom. The molecule has 1 saturated heterocycles. The second-order valence-electron chi connectivity index (χ2n) is 5.50. The molecule has 118 valence electrons. The van der Waals surface area contributed by atoms with Crippen LogP contribution in [0.5, 0.6) is 0 Å². The molecule has 2 rings (SSSR count). The van der Waals surface area contributed by atoms with Gasteiger partial charge in [0.15, 0.2) is 0 Å². The Morgan fingerprint density at radius 3 is 2.62 bits per heavy atom.